The van der Waals surface area contributed by atoms with Gasteiger partial charge in [-0.15, -0.1) is 0 Å². The number of hydrogen-bond acceptors (Lipinski definition) is 4. The van der Waals surface area contributed by atoms with Gasteiger partial charge in [-0.3, -0.25) is 9.59 Å². The van der Waals surface area contributed by atoms with Crippen LogP contribution in [0.15, 0.2) is 12.2 Å². The summed E-state index contributed by atoms with van der Waals surface area (Å²) in [6.45, 7) is 4.20. The van der Waals surface area contributed by atoms with E-state index < -0.39 is 0 Å². The first-order valence-electron chi connectivity index (χ1n) is 5.69. The van der Waals surface area contributed by atoms with E-state index in [1.807, 2.05) is 12.2 Å². The minimum absolute atomic E-state index is 0.301. The van der Waals surface area contributed by atoms with Crippen LogP contribution in [0.25, 0.3) is 0 Å². The number of carbonyl (C=O) groups is 2. The van der Waals surface area contributed by atoms with Gasteiger partial charge in [-0.2, -0.15) is 0 Å². The van der Waals surface area contributed by atoms with Crippen LogP contribution in [-0.4, -0.2) is 25.2 Å². The third-order valence-corrected chi connectivity index (χ3v) is 2.61. The number of ether oxygens (including phenoxy) is 2. The normalized spacial score (nSPS) is 23.9. The summed E-state index contributed by atoms with van der Waals surface area (Å²) in [6.07, 6.45) is 4.94. The lowest BCUT2D eigenvalue weighted by molar-refractivity contribution is -0.160. The third kappa shape index (κ3) is 3.08. The van der Waals surface area contributed by atoms with Gasteiger partial charge < -0.3 is 9.47 Å². The van der Waals surface area contributed by atoms with Crippen LogP contribution < -0.4 is 0 Å². The summed E-state index contributed by atoms with van der Waals surface area (Å²) in [4.78, 5) is 23.3. The van der Waals surface area contributed by atoms with E-state index in [1.54, 1.807) is 13.8 Å². The van der Waals surface area contributed by atoms with E-state index in [0.717, 1.165) is 0 Å². The molecule has 1 aliphatic rings. The van der Waals surface area contributed by atoms with Crippen molar-refractivity contribution in [1.82, 2.24) is 0 Å². The third-order valence-electron chi connectivity index (χ3n) is 2.61. The molecule has 0 bridgehead atoms. The molecular weight excluding hydrogens is 208 g/mol. The Balaban J connectivity index is 2.68. The largest absolute Gasteiger partial charge is 0.466 e. The van der Waals surface area contributed by atoms with Gasteiger partial charge in [0.25, 0.3) is 0 Å². The van der Waals surface area contributed by atoms with Crippen LogP contribution in [0.1, 0.15) is 26.7 Å². The number of allylic oxidation sites excluding steroid dienone is 2. The molecule has 0 spiro atoms. The SMILES string of the molecule is CCOC(=O)[C@H]1CC=CC[C@@H]1C(=O)OCC. The molecule has 0 aromatic carbocycles. The summed E-state index contributed by atoms with van der Waals surface area (Å²) in [5.74, 6) is -1.37. The van der Waals surface area contributed by atoms with Crippen molar-refractivity contribution in [3.05, 3.63) is 12.2 Å². The van der Waals surface area contributed by atoms with Crippen LogP contribution in [-0.2, 0) is 19.1 Å². The van der Waals surface area contributed by atoms with Crippen molar-refractivity contribution in [2.45, 2.75) is 26.7 Å². The van der Waals surface area contributed by atoms with E-state index in [4.69, 9.17) is 9.47 Å². The lowest BCUT2D eigenvalue weighted by atomic mass is 9.83. The monoisotopic (exact) mass is 226 g/mol. The molecule has 0 heterocycles. The molecule has 0 aromatic rings. The van der Waals surface area contributed by atoms with E-state index in [9.17, 15) is 9.59 Å². The highest BCUT2D eigenvalue weighted by Crippen LogP contribution is 2.27. The Morgan fingerprint density at radius 2 is 1.38 bits per heavy atom. The average Bonchev–Trinajstić information content (AvgIpc) is 2.30. The van der Waals surface area contributed by atoms with Gasteiger partial charge in [-0.1, -0.05) is 12.2 Å². The Bertz CT molecular complexity index is 255. The predicted octanol–water partition coefficient (Wildman–Crippen LogP) is 1.70. The van der Waals surface area contributed by atoms with Gasteiger partial charge in [0.2, 0.25) is 0 Å². The summed E-state index contributed by atoms with van der Waals surface area (Å²) in [7, 11) is 0. The second-order valence-corrected chi connectivity index (χ2v) is 3.66. The molecule has 90 valence electrons. The van der Waals surface area contributed by atoms with E-state index in [-0.39, 0.29) is 23.8 Å². The van der Waals surface area contributed by atoms with Crippen LogP contribution in [0.2, 0.25) is 0 Å². The molecule has 0 aromatic heterocycles. The van der Waals surface area contributed by atoms with Crippen molar-refractivity contribution in [3.8, 4) is 0 Å². The molecule has 4 nitrogen and oxygen atoms in total. The van der Waals surface area contributed by atoms with E-state index >= 15 is 0 Å². The molecule has 4 heteroatoms. The Hall–Kier alpha value is -1.32. The molecule has 0 unspecified atom stereocenters. The molecule has 16 heavy (non-hydrogen) atoms. The van der Waals surface area contributed by atoms with Crippen molar-refractivity contribution in [1.29, 1.82) is 0 Å². The fourth-order valence-electron chi connectivity index (χ4n) is 1.83. The Labute approximate surface area is 95.6 Å². The zero-order valence-corrected chi connectivity index (χ0v) is 9.77. The van der Waals surface area contributed by atoms with Crippen LogP contribution in [0.4, 0.5) is 0 Å². The number of carbonyl (C=O) groups excluding carboxylic acids is 2. The molecule has 1 rings (SSSR count). The fourth-order valence-corrected chi connectivity index (χ4v) is 1.83. The number of rotatable bonds is 4. The summed E-state index contributed by atoms with van der Waals surface area (Å²) >= 11 is 0. The minimum Gasteiger partial charge on any atom is -0.466 e. The van der Waals surface area contributed by atoms with Crippen LogP contribution >= 0.6 is 0 Å². The van der Waals surface area contributed by atoms with E-state index in [0.29, 0.717) is 26.1 Å². The minimum atomic E-state index is -0.385. The Kier molecular flexibility index (Phi) is 5.02. The second-order valence-electron chi connectivity index (χ2n) is 3.66. The van der Waals surface area contributed by atoms with Gasteiger partial charge in [0.05, 0.1) is 25.0 Å². The first-order chi connectivity index (χ1) is 7.70. The smallest absolute Gasteiger partial charge is 0.310 e. The van der Waals surface area contributed by atoms with Gasteiger partial charge in [0, 0.05) is 0 Å². The summed E-state index contributed by atoms with van der Waals surface area (Å²) in [5.41, 5.74) is 0. The quantitative estimate of drug-likeness (QED) is 0.540. The molecular formula is C12H18O4. The topological polar surface area (TPSA) is 52.6 Å². The summed E-state index contributed by atoms with van der Waals surface area (Å²) in [5, 5.41) is 0. The molecule has 2 atom stereocenters. The summed E-state index contributed by atoms with van der Waals surface area (Å²) < 4.78 is 9.92. The first kappa shape index (κ1) is 12.7. The van der Waals surface area contributed by atoms with Crippen LogP contribution in [0.5, 0.6) is 0 Å². The van der Waals surface area contributed by atoms with Gasteiger partial charge in [0.15, 0.2) is 0 Å². The lowest BCUT2D eigenvalue weighted by Gasteiger charge is -2.24. The number of esters is 2. The van der Waals surface area contributed by atoms with Gasteiger partial charge in [-0.05, 0) is 26.7 Å². The highest BCUT2D eigenvalue weighted by Gasteiger charge is 2.35. The van der Waals surface area contributed by atoms with Crippen molar-refractivity contribution in [2.24, 2.45) is 11.8 Å². The van der Waals surface area contributed by atoms with E-state index in [2.05, 4.69) is 0 Å². The highest BCUT2D eigenvalue weighted by atomic mass is 16.5. The van der Waals surface area contributed by atoms with Crippen LogP contribution in [0, 0.1) is 11.8 Å². The molecule has 0 radical (unpaired) electrons. The van der Waals surface area contributed by atoms with E-state index in [1.165, 1.54) is 0 Å². The molecule has 0 saturated carbocycles. The lowest BCUT2D eigenvalue weighted by Crippen LogP contribution is -2.33. The predicted molar refractivity (Wildman–Crippen MR) is 58.6 cm³/mol. The van der Waals surface area contributed by atoms with Crippen molar-refractivity contribution in [3.63, 3.8) is 0 Å². The maximum atomic E-state index is 11.7. The summed E-state index contributed by atoms with van der Waals surface area (Å²) in [6, 6.07) is 0. The average molecular weight is 226 g/mol. The zero-order valence-electron chi connectivity index (χ0n) is 9.77. The van der Waals surface area contributed by atoms with Gasteiger partial charge in [0.1, 0.15) is 0 Å². The maximum absolute atomic E-state index is 11.7. The number of hydrogen-bond donors (Lipinski definition) is 0. The standard InChI is InChI=1S/C12H18O4/c1-3-15-11(13)9-7-5-6-8-10(9)12(14)16-4-2/h5-6,9-10H,3-4,7-8H2,1-2H3/t9-,10-/m0/s1. The molecule has 0 saturated heterocycles. The Morgan fingerprint density at radius 3 is 1.69 bits per heavy atom. The maximum Gasteiger partial charge on any atom is 0.310 e. The molecule has 0 fully saturated rings. The molecule has 0 N–H and O–H groups in total. The van der Waals surface area contributed by atoms with Crippen molar-refractivity contribution < 1.29 is 19.1 Å². The van der Waals surface area contributed by atoms with Gasteiger partial charge >= 0.3 is 11.9 Å². The first-order valence-corrected chi connectivity index (χ1v) is 5.69. The Morgan fingerprint density at radius 1 is 1.00 bits per heavy atom. The second kappa shape index (κ2) is 6.30. The zero-order chi connectivity index (χ0) is 12.0. The van der Waals surface area contributed by atoms with Gasteiger partial charge in [-0.25, -0.2) is 0 Å². The fraction of sp³-hybridized carbons (Fsp3) is 0.667. The van der Waals surface area contributed by atoms with Crippen LogP contribution in [0.3, 0.4) is 0 Å². The van der Waals surface area contributed by atoms with Crippen molar-refractivity contribution in [2.75, 3.05) is 13.2 Å². The highest BCUT2D eigenvalue weighted by molar-refractivity contribution is 5.82. The molecule has 1 aliphatic carbocycles. The molecule has 0 amide bonds. The molecule has 0 aliphatic heterocycles. The van der Waals surface area contributed by atoms with Crippen molar-refractivity contribution >= 4 is 11.9 Å².